The molecular formula is C11H12Cl2O2. The molecule has 0 saturated carbocycles. The topological polar surface area (TPSA) is 26.3 Å². The van der Waals surface area contributed by atoms with E-state index in [0.29, 0.717) is 15.8 Å². The van der Waals surface area contributed by atoms with E-state index in [-0.39, 0.29) is 5.78 Å². The van der Waals surface area contributed by atoms with E-state index >= 15 is 0 Å². The Bertz CT molecular complexity index is 366. The third-order valence-electron chi connectivity index (χ3n) is 2.06. The van der Waals surface area contributed by atoms with E-state index in [1.165, 1.54) is 6.92 Å². The van der Waals surface area contributed by atoms with Crippen LogP contribution in [-0.2, 0) is 4.79 Å². The predicted molar refractivity (Wildman–Crippen MR) is 61.9 cm³/mol. The summed E-state index contributed by atoms with van der Waals surface area (Å²) in [6.07, 6.45) is 0. The van der Waals surface area contributed by atoms with Gasteiger partial charge in [0.05, 0.1) is 0 Å². The van der Waals surface area contributed by atoms with Crippen LogP contribution in [0.1, 0.15) is 20.8 Å². The summed E-state index contributed by atoms with van der Waals surface area (Å²) >= 11 is 11.6. The lowest BCUT2D eigenvalue weighted by Gasteiger charge is -2.23. The fourth-order valence-electron chi connectivity index (χ4n) is 0.954. The number of carbonyl (C=O) groups is 1. The molecule has 15 heavy (non-hydrogen) atoms. The monoisotopic (exact) mass is 246 g/mol. The van der Waals surface area contributed by atoms with Crippen molar-refractivity contribution in [2.75, 3.05) is 0 Å². The highest BCUT2D eigenvalue weighted by Gasteiger charge is 2.25. The Morgan fingerprint density at radius 1 is 1.20 bits per heavy atom. The molecule has 0 atom stereocenters. The summed E-state index contributed by atoms with van der Waals surface area (Å²) < 4.78 is 5.51. The van der Waals surface area contributed by atoms with E-state index in [2.05, 4.69) is 0 Å². The van der Waals surface area contributed by atoms with Crippen LogP contribution < -0.4 is 4.74 Å². The van der Waals surface area contributed by atoms with Gasteiger partial charge in [0.25, 0.3) is 0 Å². The Kier molecular flexibility index (Phi) is 3.63. The zero-order chi connectivity index (χ0) is 11.6. The minimum absolute atomic E-state index is 0.0569. The highest BCUT2D eigenvalue weighted by atomic mass is 35.5. The third-order valence-corrected chi connectivity index (χ3v) is 2.49. The lowest BCUT2D eigenvalue weighted by Crippen LogP contribution is -2.36. The maximum Gasteiger partial charge on any atom is 0.172 e. The summed E-state index contributed by atoms with van der Waals surface area (Å²) in [6, 6.07) is 4.85. The number of hydrogen-bond donors (Lipinski definition) is 0. The van der Waals surface area contributed by atoms with Crippen molar-refractivity contribution in [1.82, 2.24) is 0 Å². The number of carbonyl (C=O) groups excluding carboxylic acids is 1. The second-order valence-electron chi connectivity index (χ2n) is 3.77. The summed E-state index contributed by atoms with van der Waals surface area (Å²) in [4.78, 5) is 11.2. The molecule has 82 valence electrons. The zero-order valence-corrected chi connectivity index (χ0v) is 10.3. The molecule has 0 heterocycles. The van der Waals surface area contributed by atoms with Crippen molar-refractivity contribution in [2.24, 2.45) is 0 Å². The summed E-state index contributed by atoms with van der Waals surface area (Å²) in [6.45, 7) is 4.88. The first-order valence-electron chi connectivity index (χ1n) is 4.47. The standard InChI is InChI=1S/C11H12Cl2O2/c1-7(14)11(2,3)15-10-5-8(12)4-9(13)6-10/h4-6H,1-3H3. The molecular weight excluding hydrogens is 235 g/mol. The highest BCUT2D eigenvalue weighted by molar-refractivity contribution is 6.34. The van der Waals surface area contributed by atoms with Crippen LogP contribution in [0.3, 0.4) is 0 Å². The van der Waals surface area contributed by atoms with E-state index in [4.69, 9.17) is 27.9 Å². The molecule has 4 heteroatoms. The van der Waals surface area contributed by atoms with Gasteiger partial charge in [-0.15, -0.1) is 0 Å². The van der Waals surface area contributed by atoms with Crippen LogP contribution in [0.15, 0.2) is 18.2 Å². The Balaban J connectivity index is 2.94. The van der Waals surface area contributed by atoms with Gasteiger partial charge in [0.15, 0.2) is 11.4 Å². The lowest BCUT2D eigenvalue weighted by atomic mass is 10.1. The molecule has 1 aromatic carbocycles. The van der Waals surface area contributed by atoms with Gasteiger partial charge >= 0.3 is 0 Å². The fraction of sp³-hybridized carbons (Fsp3) is 0.364. The Morgan fingerprint density at radius 2 is 1.67 bits per heavy atom. The van der Waals surface area contributed by atoms with Gasteiger partial charge in [-0.2, -0.15) is 0 Å². The average Bonchev–Trinajstić information content (AvgIpc) is 1.99. The first kappa shape index (κ1) is 12.3. The molecule has 0 amide bonds. The Hall–Kier alpha value is -0.730. The van der Waals surface area contributed by atoms with Crippen molar-refractivity contribution >= 4 is 29.0 Å². The van der Waals surface area contributed by atoms with Crippen molar-refractivity contribution in [2.45, 2.75) is 26.4 Å². The number of ether oxygens (including phenoxy) is 1. The summed E-state index contributed by atoms with van der Waals surface area (Å²) in [5.74, 6) is 0.436. The molecule has 0 unspecified atom stereocenters. The van der Waals surface area contributed by atoms with Gasteiger partial charge in [0.2, 0.25) is 0 Å². The van der Waals surface area contributed by atoms with Gasteiger partial charge in [-0.25, -0.2) is 0 Å². The molecule has 0 spiro atoms. The highest BCUT2D eigenvalue weighted by Crippen LogP contribution is 2.27. The van der Waals surface area contributed by atoms with Crippen LogP contribution in [0.5, 0.6) is 5.75 Å². The average molecular weight is 247 g/mol. The van der Waals surface area contributed by atoms with Crippen LogP contribution in [0.2, 0.25) is 10.0 Å². The van der Waals surface area contributed by atoms with Crippen LogP contribution in [0.25, 0.3) is 0 Å². The minimum Gasteiger partial charge on any atom is -0.480 e. The SMILES string of the molecule is CC(=O)C(C)(C)Oc1cc(Cl)cc(Cl)c1. The van der Waals surface area contributed by atoms with E-state index in [1.807, 2.05) is 0 Å². The molecule has 0 aliphatic heterocycles. The van der Waals surface area contributed by atoms with Gasteiger partial charge in [0.1, 0.15) is 5.75 Å². The Labute approximate surface area is 99.1 Å². The summed E-state index contributed by atoms with van der Waals surface area (Å²) in [7, 11) is 0. The molecule has 0 saturated heterocycles. The molecule has 0 fully saturated rings. The second kappa shape index (κ2) is 4.42. The van der Waals surface area contributed by atoms with Crippen LogP contribution in [0, 0.1) is 0 Å². The summed E-state index contributed by atoms with van der Waals surface area (Å²) in [5.41, 5.74) is -0.867. The molecule has 1 aromatic rings. The molecule has 0 aliphatic rings. The van der Waals surface area contributed by atoms with Gasteiger partial charge < -0.3 is 4.74 Å². The van der Waals surface area contributed by atoms with Gasteiger partial charge in [0, 0.05) is 10.0 Å². The smallest absolute Gasteiger partial charge is 0.172 e. The molecule has 0 radical (unpaired) electrons. The molecule has 0 bridgehead atoms. The largest absolute Gasteiger partial charge is 0.480 e. The molecule has 2 nitrogen and oxygen atoms in total. The second-order valence-corrected chi connectivity index (χ2v) is 4.65. The van der Waals surface area contributed by atoms with Crippen molar-refractivity contribution in [3.8, 4) is 5.75 Å². The lowest BCUT2D eigenvalue weighted by molar-refractivity contribution is -0.129. The van der Waals surface area contributed by atoms with Crippen molar-refractivity contribution in [1.29, 1.82) is 0 Å². The number of rotatable bonds is 3. The molecule has 1 rings (SSSR count). The fourth-order valence-corrected chi connectivity index (χ4v) is 1.46. The molecule has 0 aliphatic carbocycles. The number of hydrogen-bond acceptors (Lipinski definition) is 2. The number of halogens is 2. The first-order valence-corrected chi connectivity index (χ1v) is 5.23. The van der Waals surface area contributed by atoms with Gasteiger partial charge in [-0.3, -0.25) is 4.79 Å². The first-order chi connectivity index (χ1) is 6.81. The maximum atomic E-state index is 11.2. The maximum absolute atomic E-state index is 11.2. The van der Waals surface area contributed by atoms with Crippen molar-refractivity contribution in [3.05, 3.63) is 28.2 Å². The number of ketones is 1. The number of Topliss-reactive ketones (excluding diaryl/α,β-unsaturated/α-hetero) is 1. The Morgan fingerprint density at radius 3 is 2.07 bits per heavy atom. The predicted octanol–water partition coefficient (Wildman–Crippen LogP) is 3.74. The summed E-state index contributed by atoms with van der Waals surface area (Å²) in [5, 5.41) is 0.966. The quantitative estimate of drug-likeness (QED) is 0.813. The van der Waals surface area contributed by atoms with E-state index < -0.39 is 5.60 Å². The zero-order valence-electron chi connectivity index (χ0n) is 8.80. The minimum atomic E-state index is -0.867. The van der Waals surface area contributed by atoms with Crippen LogP contribution >= 0.6 is 23.2 Å². The van der Waals surface area contributed by atoms with E-state index in [0.717, 1.165) is 0 Å². The number of benzene rings is 1. The van der Waals surface area contributed by atoms with Crippen molar-refractivity contribution in [3.63, 3.8) is 0 Å². The van der Waals surface area contributed by atoms with Gasteiger partial charge in [-0.1, -0.05) is 23.2 Å². The van der Waals surface area contributed by atoms with Gasteiger partial charge in [-0.05, 0) is 39.0 Å². The van der Waals surface area contributed by atoms with E-state index in [1.54, 1.807) is 32.0 Å². The van der Waals surface area contributed by atoms with Crippen molar-refractivity contribution < 1.29 is 9.53 Å². The molecule has 0 aromatic heterocycles. The normalized spacial score (nSPS) is 11.3. The van der Waals surface area contributed by atoms with E-state index in [9.17, 15) is 4.79 Å². The van der Waals surface area contributed by atoms with Crippen LogP contribution in [0.4, 0.5) is 0 Å². The van der Waals surface area contributed by atoms with Crippen LogP contribution in [-0.4, -0.2) is 11.4 Å². The molecule has 0 N–H and O–H groups in total. The third kappa shape index (κ3) is 3.40.